The number of aryl methyl sites for hydroxylation is 4. The molecule has 0 saturated carbocycles. The van der Waals surface area contributed by atoms with Crippen LogP contribution in [0.25, 0.3) is 67.1 Å². The maximum absolute atomic E-state index is 12.9. The smallest absolute Gasteiger partial charge is 0.793 e. The number of likely N-dealkylation sites (N-methyl/N-ethyl adjacent to an activating group) is 1. The molecule has 28 heteroatoms. The van der Waals surface area contributed by atoms with E-state index in [1.54, 1.807) is 25.0 Å². The molecule has 0 fully saturated rings. The second kappa shape index (κ2) is 33.6. The summed E-state index contributed by atoms with van der Waals surface area (Å²) < 4.78 is 7.77. The van der Waals surface area contributed by atoms with Gasteiger partial charge < -0.3 is 33.1 Å². The van der Waals surface area contributed by atoms with E-state index < -0.39 is 17.9 Å². The Kier molecular flexibility index (Phi) is 27.0. The van der Waals surface area contributed by atoms with Crippen LogP contribution in [0.4, 0.5) is 0 Å². The molecule has 0 aliphatic carbocycles. The number of halogens is 1. The molecule has 489 valence electrons. The van der Waals surface area contributed by atoms with E-state index in [1.165, 1.54) is 52.1 Å². The van der Waals surface area contributed by atoms with Gasteiger partial charge in [0.2, 0.25) is 5.97 Å². The summed E-state index contributed by atoms with van der Waals surface area (Å²) in [4.78, 5) is 100. The van der Waals surface area contributed by atoms with Gasteiger partial charge in [-0.25, -0.2) is 49.3 Å². The van der Waals surface area contributed by atoms with Gasteiger partial charge in [-0.3, -0.25) is 28.6 Å². The summed E-state index contributed by atoms with van der Waals surface area (Å²) in [6.45, 7) is 25.8. The molecule has 3 radical (unpaired) electrons. The summed E-state index contributed by atoms with van der Waals surface area (Å²) in [5.41, 5.74) is 16.6. The normalized spacial score (nSPS) is 12.5. The number of thiazole rings is 2. The summed E-state index contributed by atoms with van der Waals surface area (Å²) in [5.74, 6) is -1.45. The van der Waals surface area contributed by atoms with Gasteiger partial charge in [-0.2, -0.15) is 10.2 Å². The van der Waals surface area contributed by atoms with E-state index in [-0.39, 0.29) is 64.4 Å². The first-order valence-corrected chi connectivity index (χ1v) is 31.5. The number of carbonyl (C=O) groups is 5. The van der Waals surface area contributed by atoms with E-state index in [2.05, 4.69) is 203 Å². The Labute approximate surface area is 583 Å². The Hall–Kier alpha value is -7.66. The number of ketones is 2. The number of hydrogen-bond acceptors (Lipinski definition) is 21. The van der Waals surface area contributed by atoms with Gasteiger partial charge >= 0.3 is 41.5 Å². The number of nitrogens with zero attached hydrogens (tertiary/aromatic N) is 11. The van der Waals surface area contributed by atoms with Crippen LogP contribution >= 0.6 is 35.1 Å². The topological polar surface area (TPSA) is 293 Å². The molecule has 2 aromatic carbocycles. The second-order valence-electron chi connectivity index (χ2n) is 24.2. The van der Waals surface area contributed by atoms with Crippen LogP contribution < -0.4 is 34.9 Å². The molecule has 12 rings (SSSR count). The number of hydrogen-bond donors (Lipinski definition) is 4. The maximum Gasteiger partial charge on any atom is 1.00 e. The predicted octanol–water partition coefficient (Wildman–Crippen LogP) is 7.98. The molecule has 10 aromatic rings. The fraction of sp³-hybridized carbons (Fsp3) is 0.379. The van der Waals surface area contributed by atoms with Crippen LogP contribution in [0.5, 0.6) is 0 Å². The minimum Gasteiger partial charge on any atom is -0.793 e. The zero-order valence-electron chi connectivity index (χ0n) is 55.6. The average Bonchev–Trinajstić information content (AvgIpc) is 1.63. The Morgan fingerprint density at radius 1 is 0.606 bits per heavy atom. The quantitative estimate of drug-likeness (QED) is 0.0390. The van der Waals surface area contributed by atoms with Gasteiger partial charge in [0, 0.05) is 123 Å². The second-order valence-corrected chi connectivity index (χ2v) is 26.2. The first-order valence-electron chi connectivity index (χ1n) is 29.9. The molecule has 94 heavy (non-hydrogen) atoms. The van der Waals surface area contributed by atoms with Crippen molar-refractivity contribution in [1.82, 2.24) is 69.6 Å². The number of H-pyrrole nitrogens is 2. The van der Waals surface area contributed by atoms with Gasteiger partial charge in [0.1, 0.15) is 23.9 Å². The fourth-order valence-corrected chi connectivity index (χ4v) is 12.1. The summed E-state index contributed by atoms with van der Waals surface area (Å²) in [6.07, 6.45) is 12.9. The number of aromatic amines is 2. The van der Waals surface area contributed by atoms with E-state index >= 15 is 0 Å². The number of aliphatic hydroxyl groups is 1. The molecule has 0 unspecified atom stereocenters. The van der Waals surface area contributed by atoms with Crippen molar-refractivity contribution in [1.29, 1.82) is 0 Å². The van der Waals surface area contributed by atoms with Crippen LogP contribution in [0, 0.1) is 13.8 Å². The number of nitrogens with one attached hydrogen (secondary N) is 3. The molecule has 2 aliphatic rings. The van der Waals surface area contributed by atoms with Gasteiger partial charge in [-0.1, -0.05) is 65.8 Å². The van der Waals surface area contributed by atoms with E-state index in [4.69, 9.17) is 5.11 Å². The summed E-state index contributed by atoms with van der Waals surface area (Å²) in [7, 11) is 7.46. The number of carbonyl (C=O) groups excluding carboxylic acids is 5. The molecule has 8 aromatic heterocycles. The zero-order valence-corrected chi connectivity index (χ0v) is 60.0. The van der Waals surface area contributed by atoms with Gasteiger partial charge in [-0.05, 0) is 80.3 Å². The molecule has 4 N–H and O–H groups in total. The molecule has 0 atom stereocenters. The van der Waals surface area contributed by atoms with Crippen molar-refractivity contribution in [3.8, 4) is 45.0 Å². The van der Waals surface area contributed by atoms with Crippen molar-refractivity contribution in [2.75, 3.05) is 27.2 Å². The van der Waals surface area contributed by atoms with Crippen LogP contribution in [0.2, 0.25) is 0 Å². The number of fused-ring (bicyclic) bond motifs is 4. The molecule has 0 amide bonds. The molecular weight excluding hydrogens is 1270 g/mol. The van der Waals surface area contributed by atoms with Crippen molar-refractivity contribution in [2.45, 2.75) is 139 Å². The van der Waals surface area contributed by atoms with Gasteiger partial charge in [0.05, 0.1) is 79.4 Å². The van der Waals surface area contributed by atoms with Crippen LogP contribution in [0.1, 0.15) is 138 Å². The first-order chi connectivity index (χ1) is 43.8. The molecule has 0 saturated heterocycles. The molecule has 0 spiro atoms. The van der Waals surface area contributed by atoms with Crippen LogP contribution in [0.15, 0.2) is 86.0 Å². The fourth-order valence-electron chi connectivity index (χ4n) is 10.2. The monoisotopic (exact) mass is 1340 g/mol. The molecule has 10 heterocycles. The van der Waals surface area contributed by atoms with Gasteiger partial charge in [0.15, 0.2) is 11.6 Å². The third kappa shape index (κ3) is 19.1. The van der Waals surface area contributed by atoms with E-state index in [0.29, 0.717) is 25.7 Å². The predicted molar refractivity (Wildman–Crippen MR) is 362 cm³/mol. The summed E-state index contributed by atoms with van der Waals surface area (Å²) in [6, 6.07) is 17.0. The number of aliphatic hydroxyl groups excluding tert-OH is 1. The number of aromatic nitrogens is 12. The Morgan fingerprint density at radius 2 is 1.04 bits per heavy atom. The zero-order chi connectivity index (χ0) is 66.6. The maximum atomic E-state index is 12.9. The minimum absolute atomic E-state index is 0. The number of Topliss-reactive ketones (excluding diaryl/α,β-unsaturated/α-hetero) is 2. The third-order valence-electron chi connectivity index (χ3n) is 15.0. The number of rotatable bonds is 12. The number of benzene rings is 2. The molecule has 23 nitrogen and oxygen atoms in total. The Bertz CT molecular complexity index is 4260. The summed E-state index contributed by atoms with van der Waals surface area (Å²) in [5, 5.41) is 23.6. The molecular formula is C66H78BClN14NaO9S2. The van der Waals surface area contributed by atoms with E-state index in [9.17, 15) is 24.0 Å². The van der Waals surface area contributed by atoms with Crippen molar-refractivity contribution < 1.29 is 73.1 Å². The Balaban J connectivity index is 0.000000241. The van der Waals surface area contributed by atoms with Gasteiger partial charge in [0.25, 0.3) is 0 Å². The third-order valence-corrected chi connectivity index (χ3v) is 17.9. The Morgan fingerprint density at radius 3 is 1.45 bits per heavy atom. The van der Waals surface area contributed by atoms with Crippen LogP contribution in [-0.2, 0) is 78.7 Å². The SMILES string of the molecule is CC(=O)OOC(C)=O.CO.Cc1cc(-c2ncnc3[nH]c(-c4cnn5c4CN(C)CC5)cc23)ccc1CCC(=O)c1cnc(C(C)(C)C)s1.Cc1cc(-c2ncnc3[nH]c(-c4cnn5c4CNCC5)cc23)ccc1CCC(=O)c1cnc(C(C)(C)C)s1.Cl.[B-]OC(C)=O.[Na+]. The minimum atomic E-state index is -0.639. The first kappa shape index (κ1) is 75.4. The van der Waals surface area contributed by atoms with Gasteiger partial charge in [-0.15, -0.1) is 35.1 Å². The van der Waals surface area contributed by atoms with Crippen molar-refractivity contribution in [3.05, 3.63) is 139 Å². The van der Waals surface area contributed by atoms with Crippen molar-refractivity contribution >= 4 is 94.7 Å². The van der Waals surface area contributed by atoms with E-state index in [0.717, 1.165) is 158 Å². The average molecular weight is 1340 g/mol. The van der Waals surface area contributed by atoms with Crippen molar-refractivity contribution in [2.24, 2.45) is 0 Å². The van der Waals surface area contributed by atoms with Crippen molar-refractivity contribution in [3.63, 3.8) is 0 Å². The van der Waals surface area contributed by atoms with Crippen LogP contribution in [-0.4, -0.2) is 134 Å². The van der Waals surface area contributed by atoms with Crippen LogP contribution in [0.3, 0.4) is 0 Å². The largest absolute Gasteiger partial charge is 1.00 e. The summed E-state index contributed by atoms with van der Waals surface area (Å²) >= 11 is 3.02. The standard InChI is InChI=1S/C30H33N7OS.C29H31N7OS.C4H6O4.C2H3BO2.CH4O.ClH.Na/c1-18-12-20(7-6-19(18)8-9-25(38)26-15-31-29(39-26)30(2,3)4)27-21-13-23(35-28(21)33-17-32-27)22-14-34-37-11-10-36(5)16-24(22)37;1-17-11-19(6-5-18(17)7-8-24(37)25-15-31-28(38-25)29(2,3)4)26-20-12-22(35-27(20)33-16-32-26)21-13-34-36-10-9-30-14-23(21)36;1-3(5)7-8-4(2)6;1-2(4)5-3;1-2;;/h6-7,12-15,17H,8-11,16H2,1-5H3,(H,32,33,35);5-6,11-13,15-16,30H,7-10,14H2,1-4H3,(H,32,33,35);1-2H3;1H3;2H,1H3;1H;/q;;;-1;;;+1. The molecule has 2 aliphatic heterocycles. The molecule has 0 bridgehead atoms. The van der Waals surface area contributed by atoms with E-state index in [1.807, 2.05) is 12.4 Å².